The Labute approximate surface area is 73.3 Å². The fourth-order valence-corrected chi connectivity index (χ4v) is 1.78. The zero-order chi connectivity index (χ0) is 8.48. The predicted molar refractivity (Wildman–Crippen MR) is 50.0 cm³/mol. The summed E-state index contributed by atoms with van der Waals surface area (Å²) in [6.45, 7) is 4.25. The highest BCUT2D eigenvalue weighted by atomic mass is 32.1. The van der Waals surface area contributed by atoms with Gasteiger partial charge in [-0.15, -0.1) is 0 Å². The Morgan fingerprint density at radius 3 is 2.64 bits per heavy atom. The van der Waals surface area contributed by atoms with Crippen molar-refractivity contribution in [3.8, 4) is 0 Å². The van der Waals surface area contributed by atoms with Crippen LogP contribution < -0.4 is 0 Å². The number of rotatable bonds is 1. The van der Waals surface area contributed by atoms with Gasteiger partial charge in [-0.25, -0.2) is 0 Å². The topological polar surface area (TPSA) is 17.1 Å². The second-order valence-corrected chi connectivity index (χ2v) is 4.26. The lowest BCUT2D eigenvalue weighted by molar-refractivity contribution is -0.117. The fraction of sp³-hybridized carbons (Fsp3) is 0.667. The minimum atomic E-state index is 0.157. The van der Waals surface area contributed by atoms with Crippen LogP contribution >= 0.6 is 12.6 Å². The molecular formula is C9H14OS. The van der Waals surface area contributed by atoms with Gasteiger partial charge in [-0.3, -0.25) is 4.79 Å². The van der Waals surface area contributed by atoms with Crippen molar-refractivity contribution in [3.63, 3.8) is 0 Å². The van der Waals surface area contributed by atoms with Crippen LogP contribution in [0, 0.1) is 5.41 Å². The van der Waals surface area contributed by atoms with E-state index in [9.17, 15) is 4.79 Å². The predicted octanol–water partition coefficient (Wildman–Crippen LogP) is 2.23. The molecular weight excluding hydrogens is 156 g/mol. The maximum atomic E-state index is 11.1. The number of hydrogen-bond donors (Lipinski definition) is 1. The molecule has 1 nitrogen and oxygen atoms in total. The van der Waals surface area contributed by atoms with Crippen LogP contribution in [-0.4, -0.2) is 11.5 Å². The number of thiol groups is 1. The van der Waals surface area contributed by atoms with Crippen LogP contribution in [0.4, 0.5) is 0 Å². The highest BCUT2D eigenvalue weighted by Gasteiger charge is 2.26. The molecule has 62 valence electrons. The summed E-state index contributed by atoms with van der Waals surface area (Å²) in [6.07, 6.45) is 3.45. The first-order valence-corrected chi connectivity index (χ1v) is 4.50. The third-order valence-corrected chi connectivity index (χ3v) is 2.33. The molecule has 0 saturated carbocycles. The Morgan fingerprint density at radius 2 is 2.18 bits per heavy atom. The molecule has 1 aliphatic rings. The average Bonchev–Trinajstić information content (AvgIpc) is 1.83. The van der Waals surface area contributed by atoms with Crippen LogP contribution in [0.2, 0.25) is 0 Å². The molecule has 1 aliphatic carbocycles. The van der Waals surface area contributed by atoms with E-state index in [4.69, 9.17) is 0 Å². The Hall–Kier alpha value is -0.240. The third kappa shape index (κ3) is 2.37. The van der Waals surface area contributed by atoms with Crippen molar-refractivity contribution in [1.82, 2.24) is 0 Å². The van der Waals surface area contributed by atoms with Crippen molar-refractivity contribution in [2.75, 3.05) is 5.75 Å². The average molecular weight is 170 g/mol. The summed E-state index contributed by atoms with van der Waals surface area (Å²) in [6, 6.07) is 0. The molecule has 0 radical (unpaired) electrons. The van der Waals surface area contributed by atoms with E-state index in [2.05, 4.69) is 26.5 Å². The number of carbonyl (C=O) groups excluding carboxylic acids is 1. The first kappa shape index (κ1) is 8.85. The molecule has 0 aliphatic heterocycles. The second-order valence-electron chi connectivity index (χ2n) is 3.94. The van der Waals surface area contributed by atoms with Crippen LogP contribution in [0.1, 0.15) is 26.7 Å². The zero-order valence-electron chi connectivity index (χ0n) is 7.05. The van der Waals surface area contributed by atoms with E-state index in [1.54, 1.807) is 6.08 Å². The SMILES string of the molecule is CC1(C)CC(=O)C=C(CS)C1. The quantitative estimate of drug-likeness (QED) is 0.597. The third-order valence-electron chi connectivity index (χ3n) is 1.93. The van der Waals surface area contributed by atoms with Gasteiger partial charge in [0.15, 0.2) is 5.78 Å². The summed E-state index contributed by atoms with van der Waals surface area (Å²) < 4.78 is 0. The number of hydrogen-bond acceptors (Lipinski definition) is 2. The molecule has 0 N–H and O–H groups in total. The maximum Gasteiger partial charge on any atom is 0.156 e. The molecule has 0 saturated heterocycles. The van der Waals surface area contributed by atoms with Crippen molar-refractivity contribution >= 4 is 18.4 Å². The Balaban J connectivity index is 2.78. The first-order chi connectivity index (χ1) is 5.03. The molecule has 0 aromatic carbocycles. The summed E-state index contributed by atoms with van der Waals surface area (Å²) in [4.78, 5) is 11.1. The van der Waals surface area contributed by atoms with Gasteiger partial charge in [0.05, 0.1) is 0 Å². The fourth-order valence-electron chi connectivity index (χ4n) is 1.58. The molecule has 0 aromatic heterocycles. The lowest BCUT2D eigenvalue weighted by Crippen LogP contribution is -2.22. The summed E-state index contributed by atoms with van der Waals surface area (Å²) >= 11 is 4.16. The van der Waals surface area contributed by atoms with Gasteiger partial charge >= 0.3 is 0 Å². The van der Waals surface area contributed by atoms with Crippen molar-refractivity contribution < 1.29 is 4.79 Å². The van der Waals surface area contributed by atoms with Crippen LogP contribution in [-0.2, 0) is 4.79 Å². The van der Waals surface area contributed by atoms with Gasteiger partial charge in [0.2, 0.25) is 0 Å². The van der Waals surface area contributed by atoms with E-state index >= 15 is 0 Å². The summed E-state index contributed by atoms with van der Waals surface area (Å²) in [5.74, 6) is 0.972. The standard InChI is InChI=1S/C9H14OS/c1-9(2)4-7(6-11)3-8(10)5-9/h3,11H,4-6H2,1-2H3. The molecule has 0 unspecified atom stereocenters. The van der Waals surface area contributed by atoms with Gasteiger partial charge in [-0.1, -0.05) is 19.4 Å². The molecule has 0 heterocycles. The van der Waals surface area contributed by atoms with Crippen LogP contribution in [0.5, 0.6) is 0 Å². The zero-order valence-corrected chi connectivity index (χ0v) is 7.95. The van der Waals surface area contributed by atoms with Gasteiger partial charge in [0.1, 0.15) is 0 Å². The van der Waals surface area contributed by atoms with E-state index in [1.807, 2.05) is 0 Å². The summed E-state index contributed by atoms with van der Waals surface area (Å²) in [7, 11) is 0. The highest BCUT2D eigenvalue weighted by molar-refractivity contribution is 7.80. The lowest BCUT2D eigenvalue weighted by atomic mass is 9.77. The molecule has 0 atom stereocenters. The lowest BCUT2D eigenvalue weighted by Gasteiger charge is -2.28. The molecule has 2 heteroatoms. The van der Waals surface area contributed by atoms with Crippen LogP contribution in [0.15, 0.2) is 11.6 Å². The van der Waals surface area contributed by atoms with Crippen LogP contribution in [0.25, 0.3) is 0 Å². The van der Waals surface area contributed by atoms with Gasteiger partial charge in [-0.05, 0) is 17.9 Å². The van der Waals surface area contributed by atoms with E-state index in [0.717, 1.165) is 12.2 Å². The second kappa shape index (κ2) is 3.02. The van der Waals surface area contributed by atoms with E-state index in [1.165, 1.54) is 5.57 Å². The molecule has 11 heavy (non-hydrogen) atoms. The molecule has 0 amide bonds. The first-order valence-electron chi connectivity index (χ1n) is 3.87. The number of ketones is 1. The van der Waals surface area contributed by atoms with Crippen molar-refractivity contribution in [1.29, 1.82) is 0 Å². The van der Waals surface area contributed by atoms with Gasteiger partial charge in [0, 0.05) is 12.2 Å². The normalized spacial score (nSPS) is 23.2. The largest absolute Gasteiger partial charge is 0.295 e. The van der Waals surface area contributed by atoms with Crippen molar-refractivity contribution in [2.45, 2.75) is 26.7 Å². The van der Waals surface area contributed by atoms with Crippen molar-refractivity contribution in [3.05, 3.63) is 11.6 Å². The Bertz CT molecular complexity index is 204. The van der Waals surface area contributed by atoms with Gasteiger partial charge in [-0.2, -0.15) is 12.6 Å². The molecule has 0 fully saturated rings. The minimum Gasteiger partial charge on any atom is -0.295 e. The Kier molecular flexibility index (Phi) is 2.43. The summed E-state index contributed by atoms with van der Waals surface area (Å²) in [5, 5.41) is 0. The molecule has 0 spiro atoms. The highest BCUT2D eigenvalue weighted by Crippen LogP contribution is 2.33. The van der Waals surface area contributed by atoms with Crippen LogP contribution in [0.3, 0.4) is 0 Å². The Morgan fingerprint density at radius 1 is 1.55 bits per heavy atom. The molecule has 0 bridgehead atoms. The number of carbonyl (C=O) groups is 1. The van der Waals surface area contributed by atoms with Gasteiger partial charge in [0.25, 0.3) is 0 Å². The molecule has 1 rings (SSSR count). The minimum absolute atomic E-state index is 0.157. The monoisotopic (exact) mass is 170 g/mol. The van der Waals surface area contributed by atoms with Gasteiger partial charge < -0.3 is 0 Å². The number of allylic oxidation sites excluding steroid dienone is 1. The van der Waals surface area contributed by atoms with E-state index < -0.39 is 0 Å². The van der Waals surface area contributed by atoms with E-state index in [-0.39, 0.29) is 11.2 Å². The maximum absolute atomic E-state index is 11.1. The smallest absolute Gasteiger partial charge is 0.156 e. The van der Waals surface area contributed by atoms with E-state index in [0.29, 0.717) is 6.42 Å². The van der Waals surface area contributed by atoms with Crippen molar-refractivity contribution in [2.24, 2.45) is 5.41 Å². The molecule has 0 aromatic rings. The summed E-state index contributed by atoms with van der Waals surface area (Å²) in [5.41, 5.74) is 1.33.